The molecule has 0 saturated heterocycles. The van der Waals surface area contributed by atoms with Crippen LogP contribution in [0, 0.1) is 5.82 Å². The van der Waals surface area contributed by atoms with E-state index in [4.69, 9.17) is 27.9 Å². The molecule has 0 fully saturated rings. The molecule has 1 N–H and O–H groups in total. The molecule has 0 aliphatic carbocycles. The van der Waals surface area contributed by atoms with Crippen LogP contribution in [0.15, 0.2) is 60.7 Å². The van der Waals surface area contributed by atoms with Gasteiger partial charge in [-0.3, -0.25) is 9.59 Å². The second-order valence-electron chi connectivity index (χ2n) is 9.32. The predicted molar refractivity (Wildman–Crippen MR) is 137 cm³/mol. The lowest BCUT2D eigenvalue weighted by atomic mass is 9.91. The van der Waals surface area contributed by atoms with E-state index >= 15 is 0 Å². The number of hydrogen-bond acceptors (Lipinski definition) is 3. The second-order valence-corrected chi connectivity index (χ2v) is 10.2. The standard InChI is InChI=1S/C28H26Cl2FNO4/c1-28(14-19-5-9-21(29)10-6-19)15-20-13-18(7-11-25(20)36-28)8-12-26(33)32(17-27(34)35)16-22-23(30)3-2-4-24(22)31/h2-7,9-11,13H,8,12,14-17H2,1H3,(H,34,35)/t28-/m0/s1. The molecular weight excluding hydrogens is 504 g/mol. The molecule has 3 aromatic carbocycles. The molecule has 5 nitrogen and oxygen atoms in total. The van der Waals surface area contributed by atoms with Gasteiger partial charge < -0.3 is 14.7 Å². The van der Waals surface area contributed by atoms with E-state index in [0.717, 1.165) is 40.2 Å². The fraction of sp³-hybridized carbons (Fsp3) is 0.286. The van der Waals surface area contributed by atoms with Gasteiger partial charge in [-0.1, -0.05) is 53.5 Å². The van der Waals surface area contributed by atoms with E-state index in [9.17, 15) is 19.1 Å². The van der Waals surface area contributed by atoms with Crippen LogP contribution >= 0.6 is 23.2 Å². The summed E-state index contributed by atoms with van der Waals surface area (Å²) in [5.41, 5.74) is 2.86. The van der Waals surface area contributed by atoms with Crippen molar-refractivity contribution in [1.82, 2.24) is 4.90 Å². The monoisotopic (exact) mass is 529 g/mol. The molecule has 3 aromatic rings. The number of carboxylic acid groups (broad SMARTS) is 1. The van der Waals surface area contributed by atoms with E-state index < -0.39 is 18.3 Å². The molecule has 0 bridgehead atoms. The van der Waals surface area contributed by atoms with Crippen molar-refractivity contribution in [1.29, 1.82) is 0 Å². The summed E-state index contributed by atoms with van der Waals surface area (Å²) in [6.45, 7) is 1.32. The van der Waals surface area contributed by atoms with Gasteiger partial charge in [0.2, 0.25) is 5.91 Å². The van der Waals surface area contributed by atoms with Crippen molar-refractivity contribution in [3.05, 3.63) is 98.8 Å². The smallest absolute Gasteiger partial charge is 0.323 e. The molecule has 4 rings (SSSR count). The minimum Gasteiger partial charge on any atom is -0.487 e. The number of carbonyl (C=O) groups is 2. The lowest BCUT2D eigenvalue weighted by Crippen LogP contribution is -2.35. The summed E-state index contributed by atoms with van der Waals surface area (Å²) in [5, 5.41) is 10.1. The Bertz CT molecular complexity index is 1260. The molecule has 0 aromatic heterocycles. The summed E-state index contributed by atoms with van der Waals surface area (Å²) >= 11 is 12.1. The third-order valence-electron chi connectivity index (χ3n) is 6.25. The zero-order valence-corrected chi connectivity index (χ0v) is 21.3. The molecule has 1 aliphatic rings. The highest BCUT2D eigenvalue weighted by molar-refractivity contribution is 6.31. The molecule has 0 unspecified atom stereocenters. The number of halogens is 3. The maximum atomic E-state index is 14.2. The molecule has 0 radical (unpaired) electrons. The van der Waals surface area contributed by atoms with Crippen molar-refractivity contribution < 1.29 is 23.8 Å². The first kappa shape index (κ1) is 26.0. The van der Waals surface area contributed by atoms with E-state index in [1.54, 1.807) is 0 Å². The van der Waals surface area contributed by atoms with Crippen LogP contribution in [-0.2, 0) is 35.4 Å². The summed E-state index contributed by atoms with van der Waals surface area (Å²) in [5.74, 6) is -1.32. The Labute approximate surface area is 219 Å². The third kappa shape index (κ3) is 6.37. The van der Waals surface area contributed by atoms with Crippen LogP contribution in [0.1, 0.15) is 35.6 Å². The van der Waals surface area contributed by atoms with Crippen LogP contribution in [0.5, 0.6) is 5.75 Å². The minimum atomic E-state index is -1.18. The molecular formula is C28H26Cl2FNO4. The van der Waals surface area contributed by atoms with Crippen LogP contribution in [0.3, 0.4) is 0 Å². The van der Waals surface area contributed by atoms with Crippen molar-refractivity contribution >= 4 is 35.1 Å². The number of aryl methyl sites for hydroxylation is 1. The fourth-order valence-electron chi connectivity index (χ4n) is 4.54. The van der Waals surface area contributed by atoms with Gasteiger partial charge in [0.05, 0.1) is 6.54 Å². The number of fused-ring (bicyclic) bond motifs is 1. The maximum Gasteiger partial charge on any atom is 0.323 e. The molecule has 0 spiro atoms. The van der Waals surface area contributed by atoms with Gasteiger partial charge in [0.15, 0.2) is 0 Å². The number of carbonyl (C=O) groups excluding carboxylic acids is 1. The molecule has 1 aliphatic heterocycles. The Morgan fingerprint density at radius 3 is 2.50 bits per heavy atom. The third-order valence-corrected chi connectivity index (χ3v) is 6.86. The van der Waals surface area contributed by atoms with Gasteiger partial charge in [0, 0.05) is 34.9 Å². The highest BCUT2D eigenvalue weighted by Gasteiger charge is 2.35. The summed E-state index contributed by atoms with van der Waals surface area (Å²) < 4.78 is 20.5. The van der Waals surface area contributed by atoms with Gasteiger partial charge in [-0.05, 0) is 60.4 Å². The average molecular weight is 530 g/mol. The molecule has 0 saturated carbocycles. The zero-order valence-electron chi connectivity index (χ0n) is 19.8. The van der Waals surface area contributed by atoms with Gasteiger partial charge in [-0.15, -0.1) is 0 Å². The van der Waals surface area contributed by atoms with E-state index in [2.05, 4.69) is 6.92 Å². The van der Waals surface area contributed by atoms with Crippen LogP contribution in [0.2, 0.25) is 10.0 Å². The van der Waals surface area contributed by atoms with Gasteiger partial charge >= 0.3 is 5.97 Å². The molecule has 8 heteroatoms. The number of benzene rings is 3. The molecule has 36 heavy (non-hydrogen) atoms. The van der Waals surface area contributed by atoms with Gasteiger partial charge in [0.25, 0.3) is 0 Å². The lowest BCUT2D eigenvalue weighted by Gasteiger charge is -2.24. The van der Waals surface area contributed by atoms with E-state index in [-0.39, 0.29) is 35.1 Å². The van der Waals surface area contributed by atoms with Crippen LogP contribution in [-0.4, -0.2) is 34.0 Å². The van der Waals surface area contributed by atoms with E-state index in [0.29, 0.717) is 11.4 Å². The Morgan fingerprint density at radius 2 is 1.81 bits per heavy atom. The van der Waals surface area contributed by atoms with Crippen LogP contribution in [0.4, 0.5) is 4.39 Å². The Balaban J connectivity index is 1.40. The summed E-state index contributed by atoms with van der Waals surface area (Å²) in [6, 6.07) is 17.8. The normalized spacial score (nSPS) is 16.3. The van der Waals surface area contributed by atoms with Crippen molar-refractivity contribution in [2.24, 2.45) is 0 Å². The number of ether oxygens (including phenoxy) is 1. The number of carboxylic acids is 1. The topological polar surface area (TPSA) is 66.8 Å². The lowest BCUT2D eigenvalue weighted by molar-refractivity contribution is -0.144. The number of nitrogens with zero attached hydrogens (tertiary/aromatic N) is 1. The van der Waals surface area contributed by atoms with Crippen molar-refractivity contribution in [3.63, 3.8) is 0 Å². The number of rotatable bonds is 9. The summed E-state index contributed by atoms with van der Waals surface area (Å²) in [7, 11) is 0. The van der Waals surface area contributed by atoms with Gasteiger partial charge in [-0.25, -0.2) is 4.39 Å². The van der Waals surface area contributed by atoms with Crippen LogP contribution in [0.25, 0.3) is 0 Å². The number of hydrogen-bond donors (Lipinski definition) is 1. The minimum absolute atomic E-state index is 0.0844. The molecule has 1 amide bonds. The zero-order chi connectivity index (χ0) is 25.9. The quantitative estimate of drug-likeness (QED) is 0.362. The highest BCUT2D eigenvalue weighted by Crippen LogP contribution is 2.37. The van der Waals surface area contributed by atoms with E-state index in [1.165, 1.54) is 18.2 Å². The Kier molecular flexibility index (Phi) is 7.86. The first-order valence-corrected chi connectivity index (χ1v) is 12.4. The first-order chi connectivity index (χ1) is 17.1. The van der Waals surface area contributed by atoms with Gasteiger partial charge in [0.1, 0.15) is 23.7 Å². The SMILES string of the molecule is C[C@]1(Cc2ccc(Cl)cc2)Cc2cc(CCC(=O)N(CC(=O)O)Cc3c(F)cccc3Cl)ccc2O1. The fourth-order valence-corrected chi connectivity index (χ4v) is 4.89. The Morgan fingerprint density at radius 1 is 1.08 bits per heavy atom. The average Bonchev–Trinajstić information content (AvgIpc) is 3.15. The second kappa shape index (κ2) is 10.9. The van der Waals surface area contributed by atoms with Crippen LogP contribution < -0.4 is 4.74 Å². The van der Waals surface area contributed by atoms with Crippen molar-refractivity contribution in [2.45, 2.75) is 44.8 Å². The number of aliphatic carboxylic acids is 1. The van der Waals surface area contributed by atoms with Crippen molar-refractivity contribution in [3.8, 4) is 5.75 Å². The predicted octanol–water partition coefficient (Wildman–Crippen LogP) is 6.11. The largest absolute Gasteiger partial charge is 0.487 e. The number of amides is 1. The van der Waals surface area contributed by atoms with Gasteiger partial charge in [-0.2, -0.15) is 0 Å². The summed E-state index contributed by atoms with van der Waals surface area (Å²) in [6.07, 6.45) is 1.96. The highest BCUT2D eigenvalue weighted by atomic mass is 35.5. The maximum absolute atomic E-state index is 14.2. The van der Waals surface area contributed by atoms with E-state index in [1.807, 2.05) is 42.5 Å². The summed E-state index contributed by atoms with van der Waals surface area (Å²) in [4.78, 5) is 25.4. The van der Waals surface area contributed by atoms with Crippen molar-refractivity contribution in [2.75, 3.05) is 6.54 Å². The Hall–Kier alpha value is -3.09. The molecule has 188 valence electrons. The first-order valence-electron chi connectivity index (χ1n) is 11.6. The molecule has 1 atom stereocenters. The molecule has 1 heterocycles.